The van der Waals surface area contributed by atoms with Crippen molar-refractivity contribution in [1.82, 2.24) is 29.9 Å². The highest BCUT2D eigenvalue weighted by molar-refractivity contribution is 6.33. The van der Waals surface area contributed by atoms with Gasteiger partial charge < -0.3 is 9.64 Å². The molecule has 23 heavy (non-hydrogen) atoms. The second-order valence-electron chi connectivity index (χ2n) is 3.92. The summed E-state index contributed by atoms with van der Waals surface area (Å²) in [4.78, 5) is 24.0. The number of ether oxygens (including phenoxy) is 1. The van der Waals surface area contributed by atoms with Crippen LogP contribution in [0.1, 0.15) is 0 Å². The first-order valence-electron chi connectivity index (χ1n) is 6.06. The molecule has 2 aromatic rings. The molecule has 13 heteroatoms. The number of morpholine rings is 1. The Morgan fingerprint density at radius 2 is 0.957 bits per heavy atom. The first-order valence-corrected chi connectivity index (χ1v) is 7.95. The number of aromatic nitrogens is 6. The van der Waals surface area contributed by atoms with E-state index in [-0.39, 0.29) is 26.4 Å². The van der Waals surface area contributed by atoms with Crippen molar-refractivity contribution >= 4 is 64.0 Å². The van der Waals surface area contributed by atoms with Gasteiger partial charge >= 0.3 is 0 Å². The van der Waals surface area contributed by atoms with Crippen LogP contribution >= 0.6 is 58.0 Å². The van der Waals surface area contributed by atoms with Gasteiger partial charge in [0.2, 0.25) is 32.4 Å². The van der Waals surface area contributed by atoms with Crippen molar-refractivity contribution in [1.29, 1.82) is 0 Å². The minimum absolute atomic E-state index is 0.000000000000000444. The lowest BCUT2D eigenvalue weighted by atomic mass is 10.4. The number of anilines is 1. The predicted molar refractivity (Wildman–Crippen MR) is 87.7 cm³/mol. The molecule has 0 N–H and O–H groups in total. The molecule has 0 radical (unpaired) electrons. The third-order valence-electron chi connectivity index (χ3n) is 2.42. The van der Waals surface area contributed by atoms with Crippen LogP contribution < -0.4 is 4.90 Å². The monoisotopic (exact) mass is 417 g/mol. The van der Waals surface area contributed by atoms with Crippen molar-refractivity contribution in [3.05, 3.63) is 26.4 Å². The molecule has 0 saturated carbocycles. The van der Waals surface area contributed by atoms with E-state index in [9.17, 15) is 0 Å². The van der Waals surface area contributed by atoms with E-state index in [1.54, 1.807) is 0 Å². The topological polar surface area (TPSA) is 89.8 Å². The molecule has 3 rings (SSSR count). The van der Waals surface area contributed by atoms with Gasteiger partial charge in [0, 0.05) is 13.1 Å². The lowest BCUT2D eigenvalue weighted by molar-refractivity contribution is 0.122. The van der Waals surface area contributed by atoms with E-state index >= 15 is 0 Å². The average molecular weight is 419 g/mol. The highest BCUT2D eigenvalue weighted by atomic mass is 35.5. The molecule has 8 nitrogen and oxygen atoms in total. The molecule has 0 bridgehead atoms. The third kappa shape index (κ3) is 6.33. The summed E-state index contributed by atoms with van der Waals surface area (Å²) in [6.07, 6.45) is 0. The van der Waals surface area contributed by atoms with Gasteiger partial charge in [0.15, 0.2) is 0 Å². The second-order valence-corrected chi connectivity index (χ2v) is 5.61. The smallest absolute Gasteiger partial charge is 0.231 e. The lowest BCUT2D eigenvalue weighted by Crippen LogP contribution is -2.37. The average Bonchev–Trinajstić information content (AvgIpc) is 2.46. The summed E-state index contributed by atoms with van der Waals surface area (Å²) in [7, 11) is 0. The van der Waals surface area contributed by atoms with Gasteiger partial charge in [-0.15, -0.1) is 0 Å². The van der Waals surface area contributed by atoms with E-state index in [0.717, 1.165) is 13.1 Å². The van der Waals surface area contributed by atoms with Crippen LogP contribution in [0.5, 0.6) is 0 Å². The van der Waals surface area contributed by atoms with Crippen molar-refractivity contribution in [3.63, 3.8) is 0 Å². The van der Waals surface area contributed by atoms with Gasteiger partial charge in [-0.05, 0) is 58.0 Å². The molecule has 124 valence electrons. The Morgan fingerprint density at radius 3 is 1.35 bits per heavy atom. The highest BCUT2D eigenvalue weighted by Crippen LogP contribution is 2.14. The van der Waals surface area contributed by atoms with Crippen LogP contribution in [0.15, 0.2) is 0 Å². The Bertz CT molecular complexity index is 599. The second kappa shape index (κ2) is 8.91. The van der Waals surface area contributed by atoms with Gasteiger partial charge in [-0.3, -0.25) is 0 Å². The molecule has 1 aliphatic heterocycles. The first kappa shape index (κ1) is 18.6. The van der Waals surface area contributed by atoms with E-state index in [1.165, 1.54) is 0 Å². The quantitative estimate of drug-likeness (QED) is 0.697. The summed E-state index contributed by atoms with van der Waals surface area (Å²) in [6, 6.07) is 0. The highest BCUT2D eigenvalue weighted by Gasteiger charge is 2.15. The van der Waals surface area contributed by atoms with Crippen molar-refractivity contribution in [2.45, 2.75) is 0 Å². The van der Waals surface area contributed by atoms with Crippen LogP contribution in [-0.2, 0) is 4.74 Å². The normalized spacial score (nSPS) is 14.2. The van der Waals surface area contributed by atoms with E-state index in [0.29, 0.717) is 19.2 Å². The zero-order valence-corrected chi connectivity index (χ0v) is 15.0. The lowest BCUT2D eigenvalue weighted by Gasteiger charge is -2.26. The van der Waals surface area contributed by atoms with E-state index in [4.69, 9.17) is 62.7 Å². The summed E-state index contributed by atoms with van der Waals surface area (Å²) < 4.78 is 5.20. The van der Waals surface area contributed by atoms with Crippen molar-refractivity contribution < 1.29 is 4.74 Å². The number of hydrogen-bond acceptors (Lipinski definition) is 8. The van der Waals surface area contributed by atoms with E-state index < -0.39 is 0 Å². The largest absolute Gasteiger partial charge is 0.378 e. The molecule has 3 heterocycles. The van der Waals surface area contributed by atoms with Crippen LogP contribution in [0.3, 0.4) is 0 Å². The van der Waals surface area contributed by atoms with Gasteiger partial charge in [0.25, 0.3) is 0 Å². The molecule has 0 atom stereocenters. The zero-order chi connectivity index (χ0) is 16.8. The number of hydrogen-bond donors (Lipinski definition) is 0. The molecule has 1 aliphatic rings. The van der Waals surface area contributed by atoms with Crippen molar-refractivity contribution in [2.24, 2.45) is 0 Å². The number of halogens is 5. The molecule has 0 aliphatic carbocycles. The minimum Gasteiger partial charge on any atom is -0.378 e. The fourth-order valence-corrected chi connectivity index (χ4v) is 2.49. The first-order chi connectivity index (χ1) is 10.9. The Balaban J connectivity index is 0.000000185. The maximum atomic E-state index is 5.66. The van der Waals surface area contributed by atoms with Crippen molar-refractivity contribution in [3.8, 4) is 0 Å². The molecular formula is C10H8Cl5N7O. The maximum Gasteiger partial charge on any atom is 0.231 e. The van der Waals surface area contributed by atoms with Crippen LogP contribution in [-0.4, -0.2) is 56.2 Å². The summed E-state index contributed by atoms with van der Waals surface area (Å²) in [6.45, 7) is 2.83. The summed E-state index contributed by atoms with van der Waals surface area (Å²) in [5.41, 5.74) is 0. The van der Waals surface area contributed by atoms with Crippen LogP contribution in [0.4, 0.5) is 5.95 Å². The molecule has 0 unspecified atom stereocenters. The van der Waals surface area contributed by atoms with Gasteiger partial charge in [-0.1, -0.05) is 0 Å². The number of rotatable bonds is 1. The Kier molecular flexibility index (Phi) is 7.19. The molecule has 2 aromatic heterocycles. The summed E-state index contributed by atoms with van der Waals surface area (Å²) >= 11 is 27.3. The van der Waals surface area contributed by atoms with Crippen LogP contribution in [0.25, 0.3) is 0 Å². The van der Waals surface area contributed by atoms with Crippen molar-refractivity contribution in [2.75, 3.05) is 31.2 Å². The molecule has 0 aromatic carbocycles. The van der Waals surface area contributed by atoms with Gasteiger partial charge in [-0.25, -0.2) is 0 Å². The van der Waals surface area contributed by atoms with E-state index in [2.05, 4.69) is 29.9 Å². The molecule has 0 amide bonds. The zero-order valence-electron chi connectivity index (χ0n) is 11.3. The fourth-order valence-electron chi connectivity index (χ4n) is 1.52. The Hall–Kier alpha value is -0.770. The number of nitrogens with zero attached hydrogens (tertiary/aromatic N) is 7. The summed E-state index contributed by atoms with van der Waals surface area (Å²) in [5.74, 6) is 0.512. The SMILES string of the molecule is Clc1nc(Cl)nc(Cl)n1.Clc1nc(Cl)nc(N2CCOCC2)n1. The van der Waals surface area contributed by atoms with Gasteiger partial charge in [-0.2, -0.15) is 29.9 Å². The molecule has 1 saturated heterocycles. The Labute approximate surface area is 156 Å². The summed E-state index contributed by atoms with van der Waals surface area (Å²) in [5, 5.41) is 0.234. The minimum atomic E-state index is 0.000000000000000444. The predicted octanol–water partition coefficient (Wildman–Crippen LogP) is 2.85. The molecule has 0 spiro atoms. The maximum absolute atomic E-state index is 5.66. The van der Waals surface area contributed by atoms with Crippen LogP contribution in [0, 0.1) is 0 Å². The Morgan fingerprint density at radius 1 is 0.609 bits per heavy atom. The van der Waals surface area contributed by atoms with Crippen LogP contribution in [0.2, 0.25) is 26.4 Å². The van der Waals surface area contributed by atoms with Gasteiger partial charge in [0.1, 0.15) is 0 Å². The molecule has 1 fully saturated rings. The standard InChI is InChI=1S/C7H8Cl2N4O.C3Cl3N3/c8-5-10-6(9)12-7(11-5)13-1-3-14-4-2-13;4-1-7-2(5)9-3(6)8-1/h1-4H2;. The van der Waals surface area contributed by atoms with E-state index in [1.807, 2.05) is 4.90 Å². The van der Waals surface area contributed by atoms with Gasteiger partial charge in [0.05, 0.1) is 13.2 Å². The molecular weight excluding hydrogens is 411 g/mol. The fraction of sp³-hybridized carbons (Fsp3) is 0.400. The third-order valence-corrected chi connectivity index (χ3v) is 3.26.